The summed E-state index contributed by atoms with van der Waals surface area (Å²) in [6, 6.07) is 10.9. The van der Waals surface area contributed by atoms with Crippen LogP contribution in [0.25, 0.3) is 0 Å². The first kappa shape index (κ1) is 18.1. The number of aromatic carboxylic acids is 1. The van der Waals surface area contributed by atoms with Gasteiger partial charge in [0, 0.05) is 17.3 Å². The van der Waals surface area contributed by atoms with Crippen LogP contribution in [0.5, 0.6) is 5.75 Å². The van der Waals surface area contributed by atoms with Gasteiger partial charge in [0.05, 0.1) is 12.2 Å². The summed E-state index contributed by atoms with van der Waals surface area (Å²) >= 11 is 5.84. The summed E-state index contributed by atoms with van der Waals surface area (Å²) in [5.74, 6) is -0.0629. The van der Waals surface area contributed by atoms with Crippen molar-refractivity contribution in [3.63, 3.8) is 0 Å². The van der Waals surface area contributed by atoms with Crippen LogP contribution in [0, 0.1) is 13.8 Å². The highest BCUT2D eigenvalue weighted by Gasteiger charge is 2.10. The van der Waals surface area contributed by atoms with E-state index in [1.54, 1.807) is 12.1 Å². The number of hydrogen-bond acceptors (Lipinski definition) is 3. The largest absolute Gasteiger partial charge is 0.493 e. The highest BCUT2D eigenvalue weighted by molar-refractivity contribution is 6.31. The van der Waals surface area contributed by atoms with Crippen LogP contribution in [0.15, 0.2) is 36.4 Å². The third-order valence-corrected chi connectivity index (χ3v) is 4.15. The van der Waals surface area contributed by atoms with Gasteiger partial charge in [-0.05, 0) is 62.1 Å². The number of carboxylic acid groups (broad SMARTS) is 1. The zero-order valence-corrected chi connectivity index (χ0v) is 14.7. The predicted octanol–water partition coefficient (Wildman–Crippen LogP) is 4.93. The second-order valence-corrected chi connectivity index (χ2v) is 6.11. The molecule has 0 fully saturated rings. The number of anilines is 1. The van der Waals surface area contributed by atoms with Gasteiger partial charge in [0.25, 0.3) is 0 Å². The molecule has 0 amide bonds. The molecule has 0 bridgehead atoms. The Kier molecular flexibility index (Phi) is 6.50. The minimum Gasteiger partial charge on any atom is -0.493 e. The Morgan fingerprint density at radius 2 is 2.00 bits per heavy atom. The Bertz CT molecular complexity index is 716. The van der Waals surface area contributed by atoms with Crippen LogP contribution in [0.4, 0.5) is 5.69 Å². The summed E-state index contributed by atoms with van der Waals surface area (Å²) in [6.45, 7) is 5.44. The first-order valence-corrected chi connectivity index (χ1v) is 8.32. The molecule has 2 rings (SSSR count). The number of ether oxygens (including phenoxy) is 1. The number of nitrogens with one attached hydrogen (secondary N) is 1. The second-order valence-electron chi connectivity index (χ2n) is 5.68. The summed E-state index contributed by atoms with van der Waals surface area (Å²) in [7, 11) is 0. The fourth-order valence-electron chi connectivity index (χ4n) is 2.36. The minimum atomic E-state index is -0.988. The molecule has 0 heterocycles. The van der Waals surface area contributed by atoms with Gasteiger partial charge in [-0.25, -0.2) is 4.79 Å². The Hall–Kier alpha value is -2.20. The van der Waals surface area contributed by atoms with Gasteiger partial charge >= 0.3 is 5.97 Å². The Morgan fingerprint density at radius 3 is 2.75 bits per heavy atom. The molecule has 0 atom stereocenters. The lowest BCUT2D eigenvalue weighted by Crippen LogP contribution is -2.09. The average Bonchev–Trinajstić information content (AvgIpc) is 2.55. The van der Waals surface area contributed by atoms with Crippen molar-refractivity contribution in [2.45, 2.75) is 26.7 Å². The van der Waals surface area contributed by atoms with Crippen molar-refractivity contribution >= 4 is 23.3 Å². The number of halogens is 1. The molecule has 24 heavy (non-hydrogen) atoms. The van der Waals surface area contributed by atoms with E-state index in [9.17, 15) is 9.90 Å². The fourth-order valence-corrected chi connectivity index (χ4v) is 2.53. The monoisotopic (exact) mass is 347 g/mol. The van der Waals surface area contributed by atoms with Crippen LogP contribution in [-0.4, -0.2) is 24.2 Å². The van der Waals surface area contributed by atoms with Gasteiger partial charge in [-0.3, -0.25) is 0 Å². The zero-order chi connectivity index (χ0) is 17.5. The molecule has 0 unspecified atom stereocenters. The second kappa shape index (κ2) is 8.60. The number of carboxylic acids is 1. The summed E-state index contributed by atoms with van der Waals surface area (Å²) in [5, 5.41) is 12.7. The molecule has 0 aromatic heterocycles. The maximum atomic E-state index is 11.2. The normalized spacial score (nSPS) is 10.5. The number of hydrogen-bond donors (Lipinski definition) is 2. The molecule has 0 spiro atoms. The van der Waals surface area contributed by atoms with E-state index in [0.29, 0.717) is 23.9 Å². The molecule has 0 saturated heterocycles. The predicted molar refractivity (Wildman–Crippen MR) is 97.5 cm³/mol. The molecule has 0 aliphatic heterocycles. The molecule has 128 valence electrons. The fraction of sp³-hybridized carbons (Fsp3) is 0.316. The Morgan fingerprint density at radius 1 is 1.21 bits per heavy atom. The molecule has 0 aliphatic rings. The molecule has 0 radical (unpaired) electrons. The van der Waals surface area contributed by atoms with Gasteiger partial charge < -0.3 is 15.2 Å². The van der Waals surface area contributed by atoms with E-state index in [1.165, 1.54) is 17.2 Å². The van der Waals surface area contributed by atoms with E-state index in [1.807, 2.05) is 12.1 Å². The summed E-state index contributed by atoms with van der Waals surface area (Å²) in [6.07, 6.45) is 1.77. The first-order valence-electron chi connectivity index (χ1n) is 7.95. The van der Waals surface area contributed by atoms with E-state index in [0.717, 1.165) is 18.6 Å². The van der Waals surface area contributed by atoms with Crippen molar-refractivity contribution in [1.29, 1.82) is 0 Å². The van der Waals surface area contributed by atoms with Gasteiger partial charge in [-0.2, -0.15) is 0 Å². The van der Waals surface area contributed by atoms with E-state index in [-0.39, 0.29) is 5.56 Å². The van der Waals surface area contributed by atoms with Gasteiger partial charge in [-0.1, -0.05) is 23.7 Å². The number of benzene rings is 2. The van der Waals surface area contributed by atoms with Crippen molar-refractivity contribution in [2.75, 3.05) is 18.5 Å². The standard InChI is InChI=1S/C19H22ClNO3/c1-13-6-5-7-18(14(13)2)24-11-4-3-10-21-17-9-8-15(20)12-16(17)19(22)23/h5-9,12,21H,3-4,10-11H2,1-2H3,(H,22,23). The molecule has 0 aliphatic carbocycles. The number of carbonyl (C=O) groups is 1. The van der Waals surface area contributed by atoms with E-state index in [2.05, 4.69) is 25.2 Å². The smallest absolute Gasteiger partial charge is 0.337 e. The third-order valence-electron chi connectivity index (χ3n) is 3.91. The highest BCUT2D eigenvalue weighted by Crippen LogP contribution is 2.22. The molecule has 2 aromatic rings. The topological polar surface area (TPSA) is 58.6 Å². The number of unbranched alkanes of at least 4 members (excludes halogenated alkanes) is 1. The minimum absolute atomic E-state index is 0.189. The van der Waals surface area contributed by atoms with Crippen LogP contribution >= 0.6 is 11.6 Å². The van der Waals surface area contributed by atoms with Crippen molar-refractivity contribution in [3.05, 3.63) is 58.1 Å². The summed E-state index contributed by atoms with van der Waals surface area (Å²) < 4.78 is 5.81. The third kappa shape index (κ3) is 4.90. The molecule has 2 N–H and O–H groups in total. The lowest BCUT2D eigenvalue weighted by molar-refractivity contribution is 0.0698. The van der Waals surface area contributed by atoms with Gasteiger partial charge in [0.15, 0.2) is 0 Å². The number of rotatable bonds is 8. The van der Waals surface area contributed by atoms with Crippen molar-refractivity contribution in [1.82, 2.24) is 0 Å². The van der Waals surface area contributed by atoms with Crippen LogP contribution in [0.3, 0.4) is 0 Å². The molecule has 2 aromatic carbocycles. The van der Waals surface area contributed by atoms with Crippen molar-refractivity contribution < 1.29 is 14.6 Å². The van der Waals surface area contributed by atoms with Gasteiger partial charge in [0.2, 0.25) is 0 Å². The summed E-state index contributed by atoms with van der Waals surface area (Å²) in [5.41, 5.74) is 3.16. The first-order chi connectivity index (χ1) is 11.5. The van der Waals surface area contributed by atoms with Gasteiger partial charge in [0.1, 0.15) is 5.75 Å². The number of aryl methyl sites for hydroxylation is 1. The lowest BCUT2D eigenvalue weighted by atomic mass is 10.1. The maximum absolute atomic E-state index is 11.2. The quantitative estimate of drug-likeness (QED) is 0.665. The van der Waals surface area contributed by atoms with Crippen LogP contribution < -0.4 is 10.1 Å². The molecule has 0 saturated carbocycles. The summed E-state index contributed by atoms with van der Waals surface area (Å²) in [4.78, 5) is 11.2. The molecular weight excluding hydrogens is 326 g/mol. The maximum Gasteiger partial charge on any atom is 0.337 e. The molecule has 4 nitrogen and oxygen atoms in total. The molecule has 5 heteroatoms. The highest BCUT2D eigenvalue weighted by atomic mass is 35.5. The SMILES string of the molecule is Cc1cccc(OCCCCNc2ccc(Cl)cc2C(=O)O)c1C. The average molecular weight is 348 g/mol. The van der Waals surface area contributed by atoms with Crippen LogP contribution in [0.2, 0.25) is 5.02 Å². The lowest BCUT2D eigenvalue weighted by Gasteiger charge is -2.12. The zero-order valence-electron chi connectivity index (χ0n) is 13.9. The Balaban J connectivity index is 1.76. The van der Waals surface area contributed by atoms with E-state index < -0.39 is 5.97 Å². The molecular formula is C19H22ClNO3. The van der Waals surface area contributed by atoms with Gasteiger partial charge in [-0.15, -0.1) is 0 Å². The van der Waals surface area contributed by atoms with Crippen molar-refractivity contribution in [2.24, 2.45) is 0 Å². The van der Waals surface area contributed by atoms with Crippen LogP contribution in [0.1, 0.15) is 34.3 Å². The van der Waals surface area contributed by atoms with E-state index >= 15 is 0 Å². The van der Waals surface area contributed by atoms with E-state index in [4.69, 9.17) is 16.3 Å². The Labute approximate surface area is 147 Å². The van der Waals surface area contributed by atoms with Crippen LogP contribution in [-0.2, 0) is 0 Å². The van der Waals surface area contributed by atoms with Crippen molar-refractivity contribution in [3.8, 4) is 5.75 Å².